The van der Waals surface area contributed by atoms with E-state index in [1.54, 1.807) is 18.2 Å². The van der Waals surface area contributed by atoms with E-state index >= 15 is 0 Å². The lowest BCUT2D eigenvalue weighted by atomic mass is 10.1. The van der Waals surface area contributed by atoms with E-state index in [0.717, 1.165) is 4.47 Å². The van der Waals surface area contributed by atoms with Crippen LogP contribution in [0.4, 0.5) is 5.69 Å². The van der Waals surface area contributed by atoms with E-state index in [2.05, 4.69) is 21.2 Å². The fourth-order valence-electron chi connectivity index (χ4n) is 0.953. The lowest BCUT2D eigenvalue weighted by Gasteiger charge is -2.03. The maximum Gasteiger partial charge on any atom is 0.211 e. The van der Waals surface area contributed by atoms with Crippen LogP contribution in [0.3, 0.4) is 0 Å². The van der Waals surface area contributed by atoms with Crippen LogP contribution in [0.5, 0.6) is 0 Å². The number of hydrogen-bond donors (Lipinski definition) is 1. The molecule has 0 atom stereocenters. The monoisotopic (exact) mass is 241 g/mol. The van der Waals surface area contributed by atoms with Gasteiger partial charge in [-0.05, 0) is 25.1 Å². The van der Waals surface area contributed by atoms with E-state index < -0.39 is 0 Å². The van der Waals surface area contributed by atoms with Gasteiger partial charge in [0.05, 0.1) is 0 Å². The molecule has 0 aliphatic carbocycles. The predicted molar refractivity (Wildman–Crippen MR) is 53.8 cm³/mol. The van der Waals surface area contributed by atoms with E-state index in [4.69, 9.17) is 0 Å². The van der Waals surface area contributed by atoms with Crippen LogP contribution in [0, 0.1) is 0 Å². The molecule has 3 nitrogen and oxygen atoms in total. The minimum absolute atomic E-state index is 0.0403. The molecule has 1 amide bonds. The van der Waals surface area contributed by atoms with Crippen LogP contribution in [-0.2, 0) is 4.79 Å². The number of Topliss-reactive ketones (excluding diaryl/α,β-unsaturated/α-hetero) is 1. The van der Waals surface area contributed by atoms with Gasteiger partial charge in [0, 0.05) is 15.7 Å². The van der Waals surface area contributed by atoms with Gasteiger partial charge in [0.15, 0.2) is 5.78 Å². The SMILES string of the molecule is CC(=O)c1cc(NC=O)ccc1Br. The summed E-state index contributed by atoms with van der Waals surface area (Å²) in [4.78, 5) is 21.2. The highest BCUT2D eigenvalue weighted by molar-refractivity contribution is 9.10. The molecule has 0 spiro atoms. The molecule has 1 aromatic rings. The van der Waals surface area contributed by atoms with E-state index in [-0.39, 0.29) is 5.78 Å². The number of anilines is 1. The van der Waals surface area contributed by atoms with Gasteiger partial charge in [-0.25, -0.2) is 0 Å². The normalized spacial score (nSPS) is 9.38. The third-order valence-corrected chi connectivity index (χ3v) is 2.26. The lowest BCUT2D eigenvalue weighted by Crippen LogP contribution is -1.98. The van der Waals surface area contributed by atoms with Gasteiger partial charge in [0.2, 0.25) is 6.41 Å². The Hall–Kier alpha value is -1.16. The maximum absolute atomic E-state index is 11.1. The van der Waals surface area contributed by atoms with Gasteiger partial charge in [0.25, 0.3) is 0 Å². The highest BCUT2D eigenvalue weighted by atomic mass is 79.9. The zero-order valence-corrected chi connectivity index (χ0v) is 8.59. The second-order valence-corrected chi connectivity index (χ2v) is 3.37. The fourth-order valence-corrected chi connectivity index (χ4v) is 1.48. The van der Waals surface area contributed by atoms with Gasteiger partial charge in [-0.2, -0.15) is 0 Å². The minimum Gasteiger partial charge on any atom is -0.329 e. The first-order valence-electron chi connectivity index (χ1n) is 3.66. The Balaban J connectivity index is 3.10. The predicted octanol–water partition coefficient (Wildman–Crippen LogP) is 2.22. The van der Waals surface area contributed by atoms with Crippen molar-refractivity contribution >= 4 is 33.8 Å². The van der Waals surface area contributed by atoms with E-state index in [0.29, 0.717) is 17.7 Å². The Morgan fingerprint density at radius 2 is 2.23 bits per heavy atom. The topological polar surface area (TPSA) is 46.2 Å². The quantitative estimate of drug-likeness (QED) is 0.652. The van der Waals surface area contributed by atoms with Gasteiger partial charge in [-0.3, -0.25) is 9.59 Å². The summed E-state index contributed by atoms with van der Waals surface area (Å²) in [6, 6.07) is 5.06. The molecule has 13 heavy (non-hydrogen) atoms. The molecule has 0 aliphatic heterocycles. The van der Waals surface area contributed by atoms with Crippen LogP contribution in [0.1, 0.15) is 17.3 Å². The molecule has 0 saturated carbocycles. The highest BCUT2D eigenvalue weighted by Crippen LogP contribution is 2.21. The maximum atomic E-state index is 11.1. The molecular weight excluding hydrogens is 234 g/mol. The van der Waals surface area contributed by atoms with E-state index in [1.165, 1.54) is 6.92 Å². The molecule has 0 bridgehead atoms. The van der Waals surface area contributed by atoms with Crippen LogP contribution >= 0.6 is 15.9 Å². The van der Waals surface area contributed by atoms with Crippen molar-refractivity contribution in [1.29, 1.82) is 0 Å². The van der Waals surface area contributed by atoms with Crippen LogP contribution in [-0.4, -0.2) is 12.2 Å². The molecule has 1 aromatic carbocycles. The summed E-state index contributed by atoms with van der Waals surface area (Å²) in [5.74, 6) is -0.0403. The number of rotatable bonds is 3. The number of nitrogens with one attached hydrogen (secondary N) is 1. The van der Waals surface area contributed by atoms with Crippen molar-refractivity contribution in [3.63, 3.8) is 0 Å². The van der Waals surface area contributed by atoms with E-state index in [9.17, 15) is 9.59 Å². The molecule has 0 aliphatic rings. The molecule has 0 unspecified atom stereocenters. The molecule has 4 heteroatoms. The standard InChI is InChI=1S/C9H8BrNO2/c1-6(13)8-4-7(11-5-12)2-3-9(8)10/h2-5H,1H3,(H,11,12). The number of carbonyl (C=O) groups is 2. The zero-order chi connectivity index (χ0) is 9.84. The van der Waals surface area contributed by atoms with Gasteiger partial charge >= 0.3 is 0 Å². The summed E-state index contributed by atoms with van der Waals surface area (Å²) in [5.41, 5.74) is 1.18. The van der Waals surface area contributed by atoms with Crippen molar-refractivity contribution in [2.24, 2.45) is 0 Å². The second-order valence-electron chi connectivity index (χ2n) is 2.51. The van der Waals surface area contributed by atoms with Crippen LogP contribution in [0.25, 0.3) is 0 Å². The van der Waals surface area contributed by atoms with Crippen molar-refractivity contribution < 1.29 is 9.59 Å². The fraction of sp³-hybridized carbons (Fsp3) is 0.111. The Morgan fingerprint density at radius 1 is 1.54 bits per heavy atom. The smallest absolute Gasteiger partial charge is 0.211 e. The van der Waals surface area contributed by atoms with Gasteiger partial charge in [-0.15, -0.1) is 0 Å². The summed E-state index contributed by atoms with van der Waals surface area (Å²) in [5, 5.41) is 2.48. The van der Waals surface area contributed by atoms with Crippen molar-refractivity contribution in [2.45, 2.75) is 6.92 Å². The third-order valence-electron chi connectivity index (χ3n) is 1.57. The average Bonchev–Trinajstić information content (AvgIpc) is 2.08. The first kappa shape index (κ1) is 9.92. The van der Waals surface area contributed by atoms with Gasteiger partial charge in [0.1, 0.15) is 0 Å². The van der Waals surface area contributed by atoms with Crippen LogP contribution in [0.2, 0.25) is 0 Å². The zero-order valence-electron chi connectivity index (χ0n) is 7.00. The number of halogens is 1. The van der Waals surface area contributed by atoms with Crippen LogP contribution in [0.15, 0.2) is 22.7 Å². The van der Waals surface area contributed by atoms with E-state index in [1.807, 2.05) is 0 Å². The molecule has 1 rings (SSSR count). The Labute approximate surface area is 84.3 Å². The molecular formula is C9H8BrNO2. The first-order chi connectivity index (χ1) is 6.15. The number of ketones is 1. The first-order valence-corrected chi connectivity index (χ1v) is 4.45. The van der Waals surface area contributed by atoms with Crippen molar-refractivity contribution in [3.8, 4) is 0 Å². The second kappa shape index (κ2) is 4.18. The summed E-state index contributed by atoms with van der Waals surface area (Å²) >= 11 is 3.25. The third kappa shape index (κ3) is 2.39. The summed E-state index contributed by atoms with van der Waals surface area (Å²) in [6.07, 6.45) is 0.577. The molecule has 1 N–H and O–H groups in total. The van der Waals surface area contributed by atoms with Crippen molar-refractivity contribution in [3.05, 3.63) is 28.2 Å². The Bertz CT molecular complexity index is 349. The Kier molecular flexibility index (Phi) is 3.19. The largest absolute Gasteiger partial charge is 0.329 e. The van der Waals surface area contributed by atoms with Gasteiger partial charge < -0.3 is 5.32 Å². The van der Waals surface area contributed by atoms with Crippen LogP contribution < -0.4 is 5.32 Å². The average molecular weight is 242 g/mol. The number of hydrogen-bond acceptors (Lipinski definition) is 2. The summed E-state index contributed by atoms with van der Waals surface area (Å²) in [7, 11) is 0. The highest BCUT2D eigenvalue weighted by Gasteiger charge is 2.05. The molecule has 0 heterocycles. The van der Waals surface area contributed by atoms with Crippen molar-refractivity contribution in [1.82, 2.24) is 0 Å². The molecule has 0 fully saturated rings. The molecule has 0 radical (unpaired) electrons. The molecule has 68 valence electrons. The molecule has 0 aromatic heterocycles. The lowest BCUT2D eigenvalue weighted by molar-refractivity contribution is -0.105. The number of carbonyl (C=O) groups excluding carboxylic acids is 2. The summed E-state index contributed by atoms with van der Waals surface area (Å²) in [6.45, 7) is 1.48. The van der Waals surface area contributed by atoms with Gasteiger partial charge in [-0.1, -0.05) is 15.9 Å². The Morgan fingerprint density at radius 3 is 2.77 bits per heavy atom. The molecule has 0 saturated heterocycles. The number of benzene rings is 1. The summed E-state index contributed by atoms with van der Waals surface area (Å²) < 4.78 is 0.733. The minimum atomic E-state index is -0.0403. The number of amides is 1. The van der Waals surface area contributed by atoms with Crippen molar-refractivity contribution in [2.75, 3.05) is 5.32 Å².